The van der Waals surface area contributed by atoms with Gasteiger partial charge >= 0.3 is 0 Å². The monoisotopic (exact) mass is 362 g/mol. The second kappa shape index (κ2) is 7.43. The summed E-state index contributed by atoms with van der Waals surface area (Å²) in [6.45, 7) is 5.74. The van der Waals surface area contributed by atoms with Crippen LogP contribution in [0.25, 0.3) is 0 Å². The van der Waals surface area contributed by atoms with E-state index in [1.807, 2.05) is 45.2 Å². The molecule has 0 saturated heterocycles. The Morgan fingerprint density at radius 1 is 1.23 bits per heavy atom. The van der Waals surface area contributed by atoms with E-state index in [2.05, 4.69) is 10.00 Å². The van der Waals surface area contributed by atoms with E-state index in [-0.39, 0.29) is 23.1 Å². The molecule has 1 aliphatic rings. The number of fused-ring (bicyclic) bond motifs is 1. The number of hydrogen-bond donors (Lipinski definition) is 0. The first kappa shape index (κ1) is 18.4. The van der Waals surface area contributed by atoms with Crippen molar-refractivity contribution in [3.05, 3.63) is 47.3 Å². The van der Waals surface area contributed by atoms with Crippen molar-refractivity contribution in [2.24, 2.45) is 5.92 Å². The van der Waals surface area contributed by atoms with Crippen molar-refractivity contribution in [3.63, 3.8) is 0 Å². The molecule has 1 aromatic carbocycles. The Hall–Kier alpha value is -2.44. The second-order valence-corrected chi connectivity index (χ2v) is 7.10. The largest absolute Gasteiger partial charge is 0.373 e. The molecule has 1 aromatic heterocycles. The number of para-hydroxylation sites is 1. The number of nitrogens with zero attached hydrogens (tertiary/aromatic N) is 4. The van der Waals surface area contributed by atoms with Gasteiger partial charge in [0.2, 0.25) is 0 Å². The van der Waals surface area contributed by atoms with E-state index < -0.39 is 6.43 Å². The molecule has 0 N–H and O–H groups in total. The van der Waals surface area contributed by atoms with Crippen molar-refractivity contribution >= 4 is 11.6 Å². The molecular weight excluding hydrogens is 338 g/mol. The van der Waals surface area contributed by atoms with Crippen LogP contribution < -0.4 is 4.90 Å². The van der Waals surface area contributed by atoms with E-state index in [0.29, 0.717) is 26.2 Å². The summed E-state index contributed by atoms with van der Waals surface area (Å²) in [5.41, 5.74) is 1.79. The number of rotatable bonds is 4. The summed E-state index contributed by atoms with van der Waals surface area (Å²) in [4.78, 5) is 16.7. The summed E-state index contributed by atoms with van der Waals surface area (Å²) in [6.07, 6.45) is -1.45. The highest BCUT2D eigenvalue weighted by molar-refractivity contribution is 5.95. The van der Waals surface area contributed by atoms with E-state index in [4.69, 9.17) is 0 Å². The van der Waals surface area contributed by atoms with Crippen LogP contribution in [-0.4, -0.2) is 40.7 Å². The van der Waals surface area contributed by atoms with Crippen LogP contribution in [0.3, 0.4) is 0 Å². The Kier molecular flexibility index (Phi) is 5.25. The molecule has 0 aliphatic carbocycles. The lowest BCUT2D eigenvalue weighted by molar-refractivity contribution is 0.0736. The van der Waals surface area contributed by atoms with Crippen LogP contribution in [0.4, 0.5) is 14.5 Å². The molecule has 5 nitrogen and oxygen atoms in total. The van der Waals surface area contributed by atoms with E-state index in [0.717, 1.165) is 11.3 Å². The highest BCUT2D eigenvalue weighted by atomic mass is 19.3. The zero-order valence-corrected chi connectivity index (χ0v) is 15.3. The molecule has 3 rings (SSSR count). The smallest absolute Gasteiger partial charge is 0.280 e. The topological polar surface area (TPSA) is 41.4 Å². The Balaban J connectivity index is 1.91. The number of hydrogen-bond acceptors (Lipinski definition) is 3. The maximum atomic E-state index is 13.6. The molecule has 0 spiro atoms. The van der Waals surface area contributed by atoms with Gasteiger partial charge in [-0.1, -0.05) is 32.0 Å². The molecule has 0 radical (unpaired) electrons. The third-order valence-corrected chi connectivity index (χ3v) is 4.61. The Morgan fingerprint density at radius 3 is 2.65 bits per heavy atom. The highest BCUT2D eigenvalue weighted by Crippen LogP contribution is 2.28. The first-order chi connectivity index (χ1) is 12.4. The van der Waals surface area contributed by atoms with Gasteiger partial charge in [0.15, 0.2) is 0 Å². The fourth-order valence-corrected chi connectivity index (χ4v) is 3.32. The van der Waals surface area contributed by atoms with Crippen LogP contribution in [0, 0.1) is 5.92 Å². The highest BCUT2D eigenvalue weighted by Gasteiger charge is 2.29. The van der Waals surface area contributed by atoms with Gasteiger partial charge in [0.1, 0.15) is 5.69 Å². The zero-order chi connectivity index (χ0) is 18.8. The molecule has 7 heteroatoms. The number of benzene rings is 1. The average molecular weight is 362 g/mol. The molecule has 0 fully saturated rings. The third kappa shape index (κ3) is 3.57. The summed E-state index contributed by atoms with van der Waals surface area (Å²) < 4.78 is 28.5. The number of carbonyl (C=O) groups excluding carboxylic acids is 1. The molecule has 2 heterocycles. The minimum absolute atomic E-state index is 0.00249. The molecule has 0 saturated carbocycles. The molecule has 0 atom stereocenters. The minimum Gasteiger partial charge on any atom is -0.373 e. The van der Waals surface area contributed by atoms with E-state index >= 15 is 0 Å². The van der Waals surface area contributed by atoms with Crippen LogP contribution in [0.15, 0.2) is 30.5 Å². The van der Waals surface area contributed by atoms with Gasteiger partial charge in [-0.05, 0) is 17.5 Å². The van der Waals surface area contributed by atoms with Gasteiger partial charge in [-0.25, -0.2) is 8.78 Å². The molecule has 1 aliphatic heterocycles. The van der Waals surface area contributed by atoms with Crippen LogP contribution in [0.2, 0.25) is 0 Å². The van der Waals surface area contributed by atoms with Gasteiger partial charge in [-0.2, -0.15) is 5.10 Å². The first-order valence-corrected chi connectivity index (χ1v) is 8.80. The Bertz CT molecular complexity index is 788. The molecular formula is C19H24F2N4O. The number of anilines is 1. The van der Waals surface area contributed by atoms with Crippen LogP contribution in [0.5, 0.6) is 0 Å². The van der Waals surface area contributed by atoms with Gasteiger partial charge in [0.25, 0.3) is 12.3 Å². The normalized spacial score (nSPS) is 14.7. The van der Waals surface area contributed by atoms with E-state index in [9.17, 15) is 13.6 Å². The molecule has 140 valence electrons. The van der Waals surface area contributed by atoms with Crippen molar-refractivity contribution in [2.75, 3.05) is 25.0 Å². The lowest BCUT2D eigenvalue weighted by atomic mass is 10.1. The predicted molar refractivity (Wildman–Crippen MR) is 96.5 cm³/mol. The number of alkyl halides is 2. The lowest BCUT2D eigenvalue weighted by Gasteiger charge is -2.21. The van der Waals surface area contributed by atoms with E-state index in [1.54, 1.807) is 4.90 Å². The van der Waals surface area contributed by atoms with Crippen molar-refractivity contribution in [2.45, 2.75) is 33.4 Å². The van der Waals surface area contributed by atoms with Gasteiger partial charge in [-0.15, -0.1) is 0 Å². The molecule has 2 aromatic rings. The average Bonchev–Trinajstić information content (AvgIpc) is 2.92. The van der Waals surface area contributed by atoms with Crippen LogP contribution in [0.1, 0.15) is 41.9 Å². The number of likely N-dealkylation sites (N-methyl/N-ethyl adjacent to an activating group) is 1. The summed E-state index contributed by atoms with van der Waals surface area (Å²) in [5, 5.41) is 4.05. The van der Waals surface area contributed by atoms with Gasteiger partial charge in [0.05, 0.1) is 11.8 Å². The van der Waals surface area contributed by atoms with Crippen molar-refractivity contribution in [1.29, 1.82) is 0 Å². The zero-order valence-electron chi connectivity index (χ0n) is 15.3. The number of carbonyl (C=O) groups is 1. The standard InChI is InChI=1S/C19H24F2N4O/c1-13(2)11-25-17(18(20)21)15(10-22-25)19(26)24-9-8-23(3)16-7-5-4-6-14(16)12-24/h4-7,10,13,18H,8-9,11-12H2,1-3H3. The summed E-state index contributed by atoms with van der Waals surface area (Å²) in [5.74, 6) is -0.227. The molecule has 0 bridgehead atoms. The fourth-order valence-electron chi connectivity index (χ4n) is 3.32. The number of halogens is 2. The quantitative estimate of drug-likeness (QED) is 0.835. The summed E-state index contributed by atoms with van der Waals surface area (Å²) >= 11 is 0. The summed E-state index contributed by atoms with van der Waals surface area (Å²) in [6, 6.07) is 7.85. The second-order valence-electron chi connectivity index (χ2n) is 7.10. The first-order valence-electron chi connectivity index (χ1n) is 8.80. The van der Waals surface area contributed by atoms with Gasteiger partial charge < -0.3 is 9.80 Å². The van der Waals surface area contributed by atoms with Gasteiger partial charge in [-0.3, -0.25) is 9.48 Å². The van der Waals surface area contributed by atoms with Crippen molar-refractivity contribution < 1.29 is 13.6 Å². The number of aromatic nitrogens is 2. The maximum Gasteiger partial charge on any atom is 0.280 e. The van der Waals surface area contributed by atoms with Gasteiger partial charge in [0, 0.05) is 38.9 Å². The minimum atomic E-state index is -2.74. The third-order valence-electron chi connectivity index (χ3n) is 4.61. The molecule has 1 amide bonds. The predicted octanol–water partition coefficient (Wildman–Crippen LogP) is 3.57. The lowest BCUT2D eigenvalue weighted by Crippen LogP contribution is -2.34. The molecule has 0 unspecified atom stereocenters. The van der Waals surface area contributed by atoms with Crippen LogP contribution >= 0.6 is 0 Å². The number of amides is 1. The summed E-state index contributed by atoms with van der Waals surface area (Å²) in [7, 11) is 1.97. The maximum absolute atomic E-state index is 13.6. The van der Waals surface area contributed by atoms with Crippen molar-refractivity contribution in [1.82, 2.24) is 14.7 Å². The fraction of sp³-hybridized carbons (Fsp3) is 0.474. The molecule has 26 heavy (non-hydrogen) atoms. The van der Waals surface area contributed by atoms with E-state index in [1.165, 1.54) is 10.9 Å². The Morgan fingerprint density at radius 2 is 1.96 bits per heavy atom. The SMILES string of the molecule is CC(C)Cn1ncc(C(=O)N2CCN(C)c3ccccc3C2)c1C(F)F. The van der Waals surface area contributed by atoms with Crippen molar-refractivity contribution in [3.8, 4) is 0 Å². The Labute approximate surface area is 152 Å². The van der Waals surface area contributed by atoms with Crippen LogP contribution in [-0.2, 0) is 13.1 Å².